The summed E-state index contributed by atoms with van der Waals surface area (Å²) < 4.78 is 1.47. The second-order valence-electron chi connectivity index (χ2n) is 8.13. The summed E-state index contributed by atoms with van der Waals surface area (Å²) in [6, 6.07) is 25.8. The minimum atomic E-state index is -0.849. The molecule has 1 aliphatic heterocycles. The van der Waals surface area contributed by atoms with Gasteiger partial charge in [-0.25, -0.2) is 0 Å². The van der Waals surface area contributed by atoms with Gasteiger partial charge in [0.05, 0.1) is 11.6 Å². The number of carbonyl (C=O) groups is 2. The number of carbonyl (C=O) groups excluding carboxylic acids is 2. The van der Waals surface area contributed by atoms with E-state index in [-0.39, 0.29) is 5.57 Å². The Bertz CT molecular complexity index is 1500. The predicted octanol–water partition coefficient (Wildman–Crippen LogP) is 6.78. The lowest BCUT2D eigenvalue weighted by molar-refractivity contribution is -0.117. The summed E-state index contributed by atoms with van der Waals surface area (Å²) in [7, 11) is 0. The molecule has 0 saturated carbocycles. The number of amides is 1. The van der Waals surface area contributed by atoms with Gasteiger partial charge in [-0.3, -0.25) is 14.5 Å². The maximum absolute atomic E-state index is 13.4. The van der Waals surface area contributed by atoms with Crippen molar-refractivity contribution < 1.29 is 14.7 Å². The number of nitrogens with zero attached hydrogens (tertiary/aromatic N) is 3. The van der Waals surface area contributed by atoms with E-state index in [1.54, 1.807) is 6.08 Å². The summed E-state index contributed by atoms with van der Waals surface area (Å²) in [6.45, 7) is 0. The fourth-order valence-electron chi connectivity index (χ4n) is 3.95. The first-order valence-electron chi connectivity index (χ1n) is 11.3. The summed E-state index contributed by atoms with van der Waals surface area (Å²) in [5.41, 5.74) is 2.65. The van der Waals surface area contributed by atoms with E-state index in [0.29, 0.717) is 20.8 Å². The van der Waals surface area contributed by atoms with Gasteiger partial charge in [0.2, 0.25) is 5.13 Å². The fraction of sp³-hybridized carbons (Fsp3) is 0.0714. The predicted molar refractivity (Wildman–Crippen MR) is 150 cm³/mol. The van der Waals surface area contributed by atoms with Crippen LogP contribution in [-0.4, -0.2) is 27.0 Å². The van der Waals surface area contributed by atoms with Crippen molar-refractivity contribution in [2.75, 3.05) is 4.90 Å². The normalized spacial score (nSPS) is 15.6. The number of allylic oxidation sites excluding steroid dienone is 1. The second-order valence-corrected chi connectivity index (χ2v) is 11.2. The average Bonchev–Trinajstić information content (AvgIpc) is 3.49. The molecular weight excluding hydrogens is 570 g/mol. The lowest BCUT2D eigenvalue weighted by atomic mass is 9.96. The first-order chi connectivity index (χ1) is 18.0. The van der Waals surface area contributed by atoms with Gasteiger partial charge in [-0.15, -0.1) is 10.2 Å². The van der Waals surface area contributed by atoms with Crippen LogP contribution in [0, 0.1) is 0 Å². The van der Waals surface area contributed by atoms with Gasteiger partial charge in [-0.2, -0.15) is 0 Å². The Balaban J connectivity index is 1.47. The van der Waals surface area contributed by atoms with Crippen LogP contribution in [0.1, 0.15) is 22.7 Å². The molecule has 0 saturated heterocycles. The Hall–Kier alpha value is -3.53. The summed E-state index contributed by atoms with van der Waals surface area (Å²) in [5.74, 6) is -1.01. The molecule has 2 heterocycles. The van der Waals surface area contributed by atoms with Crippen molar-refractivity contribution in [1.29, 1.82) is 0 Å². The van der Waals surface area contributed by atoms with Crippen molar-refractivity contribution in [3.05, 3.63) is 124 Å². The molecule has 1 amide bonds. The molecule has 1 aromatic heterocycles. The van der Waals surface area contributed by atoms with Crippen molar-refractivity contribution in [3.63, 3.8) is 0 Å². The number of rotatable bonds is 8. The highest BCUT2D eigenvalue weighted by atomic mass is 79.9. The Kier molecular flexibility index (Phi) is 7.64. The van der Waals surface area contributed by atoms with E-state index in [1.165, 1.54) is 34.1 Å². The third-order valence-electron chi connectivity index (χ3n) is 5.67. The summed E-state index contributed by atoms with van der Waals surface area (Å²) >= 11 is 6.23. The van der Waals surface area contributed by atoms with Gasteiger partial charge in [-0.1, -0.05) is 118 Å². The van der Waals surface area contributed by atoms with Crippen molar-refractivity contribution in [2.24, 2.45) is 0 Å². The molecule has 1 atom stereocenters. The van der Waals surface area contributed by atoms with Gasteiger partial charge in [0.25, 0.3) is 5.91 Å². The molecule has 6 nitrogen and oxygen atoms in total. The van der Waals surface area contributed by atoms with Crippen LogP contribution in [0.3, 0.4) is 0 Å². The van der Waals surface area contributed by atoms with Crippen LogP contribution in [0.2, 0.25) is 0 Å². The largest absolute Gasteiger partial charge is 0.503 e. The molecule has 0 spiro atoms. The molecule has 1 unspecified atom stereocenters. The number of aliphatic hydroxyl groups excluding tert-OH is 1. The van der Waals surface area contributed by atoms with E-state index in [1.807, 2.05) is 84.9 Å². The number of ketones is 1. The molecule has 0 aliphatic carbocycles. The number of thioether (sulfide) groups is 1. The van der Waals surface area contributed by atoms with Crippen LogP contribution in [0.15, 0.2) is 111 Å². The van der Waals surface area contributed by atoms with E-state index < -0.39 is 23.5 Å². The van der Waals surface area contributed by atoms with Crippen LogP contribution in [0.4, 0.5) is 5.13 Å². The minimum Gasteiger partial charge on any atom is -0.503 e. The molecule has 0 bridgehead atoms. The molecule has 3 aromatic carbocycles. The maximum atomic E-state index is 13.4. The molecule has 4 aromatic rings. The van der Waals surface area contributed by atoms with Gasteiger partial charge in [0.1, 0.15) is 0 Å². The zero-order valence-corrected chi connectivity index (χ0v) is 22.5. The summed E-state index contributed by atoms with van der Waals surface area (Å²) in [5, 5.41) is 19.7. The van der Waals surface area contributed by atoms with Crippen LogP contribution < -0.4 is 4.90 Å². The van der Waals surface area contributed by atoms with Crippen LogP contribution in [-0.2, 0) is 15.3 Å². The van der Waals surface area contributed by atoms with Crippen molar-refractivity contribution >= 4 is 61.9 Å². The molecule has 0 radical (unpaired) electrons. The number of aliphatic hydroxyl groups is 1. The Morgan fingerprint density at radius 3 is 2.49 bits per heavy atom. The smallest absolute Gasteiger partial charge is 0.296 e. The maximum Gasteiger partial charge on any atom is 0.296 e. The van der Waals surface area contributed by atoms with E-state index in [2.05, 4.69) is 26.1 Å². The standard InChI is InChI=1S/C28H20BrN3O3S2/c29-21-13-7-12-20(16-21)24-23(22(33)15-14-18-8-3-1-4-9-18)25(34)26(35)32(24)27-30-31-28(37-27)36-17-19-10-5-2-6-11-19/h1-16,24,34H,17H2. The van der Waals surface area contributed by atoms with Gasteiger partial charge in [-0.05, 0) is 34.9 Å². The van der Waals surface area contributed by atoms with Crippen molar-refractivity contribution in [3.8, 4) is 0 Å². The van der Waals surface area contributed by atoms with Crippen LogP contribution in [0.25, 0.3) is 6.08 Å². The first kappa shape index (κ1) is 25.1. The molecule has 1 N–H and O–H groups in total. The van der Waals surface area contributed by atoms with E-state index in [9.17, 15) is 14.7 Å². The molecule has 184 valence electrons. The summed E-state index contributed by atoms with van der Waals surface area (Å²) in [6.07, 6.45) is 3.04. The third-order valence-corrected chi connectivity index (χ3v) is 8.29. The zero-order valence-electron chi connectivity index (χ0n) is 19.3. The lowest BCUT2D eigenvalue weighted by Crippen LogP contribution is -2.30. The van der Waals surface area contributed by atoms with Gasteiger partial charge >= 0.3 is 0 Å². The third kappa shape index (κ3) is 5.58. The molecular formula is C28H20BrN3O3S2. The Morgan fingerprint density at radius 2 is 1.76 bits per heavy atom. The summed E-state index contributed by atoms with van der Waals surface area (Å²) in [4.78, 5) is 28.0. The van der Waals surface area contributed by atoms with Crippen LogP contribution >= 0.6 is 39.0 Å². The number of benzene rings is 3. The van der Waals surface area contributed by atoms with Gasteiger partial charge in [0.15, 0.2) is 15.9 Å². The highest BCUT2D eigenvalue weighted by Gasteiger charge is 2.45. The zero-order chi connectivity index (χ0) is 25.8. The second kappa shape index (κ2) is 11.2. The lowest BCUT2D eigenvalue weighted by Gasteiger charge is -2.23. The topological polar surface area (TPSA) is 83.4 Å². The molecule has 37 heavy (non-hydrogen) atoms. The Labute approximate surface area is 230 Å². The number of anilines is 1. The average molecular weight is 591 g/mol. The first-order valence-corrected chi connectivity index (χ1v) is 13.9. The highest BCUT2D eigenvalue weighted by molar-refractivity contribution is 9.10. The number of aromatic nitrogens is 2. The van der Waals surface area contributed by atoms with Crippen molar-refractivity contribution in [2.45, 2.75) is 16.1 Å². The molecule has 1 aliphatic rings. The SMILES string of the molecule is O=C(C=Cc1ccccc1)C1=C(O)C(=O)N(c2nnc(SCc3ccccc3)s2)C1c1cccc(Br)c1. The van der Waals surface area contributed by atoms with E-state index in [0.717, 1.165) is 15.6 Å². The molecule has 5 rings (SSSR count). The molecule has 9 heteroatoms. The monoisotopic (exact) mass is 589 g/mol. The quantitative estimate of drug-likeness (QED) is 0.139. The Morgan fingerprint density at radius 1 is 1.03 bits per heavy atom. The highest BCUT2D eigenvalue weighted by Crippen LogP contribution is 2.43. The van der Waals surface area contributed by atoms with E-state index in [4.69, 9.17) is 0 Å². The van der Waals surface area contributed by atoms with Crippen LogP contribution in [0.5, 0.6) is 0 Å². The molecule has 0 fully saturated rings. The number of halogens is 1. The van der Waals surface area contributed by atoms with Gasteiger partial charge < -0.3 is 5.11 Å². The number of hydrogen-bond donors (Lipinski definition) is 1. The minimum absolute atomic E-state index is 0.00368. The fourth-order valence-corrected chi connectivity index (χ4v) is 6.19. The van der Waals surface area contributed by atoms with E-state index >= 15 is 0 Å². The van der Waals surface area contributed by atoms with Crippen molar-refractivity contribution in [1.82, 2.24) is 10.2 Å². The van der Waals surface area contributed by atoms with Gasteiger partial charge in [0, 0.05) is 10.2 Å². The number of hydrogen-bond acceptors (Lipinski definition) is 7.